The molecule has 1 nitrogen and oxygen atoms in total. The van der Waals surface area contributed by atoms with Gasteiger partial charge in [0.15, 0.2) is 5.78 Å². The topological polar surface area (TPSA) is 17.1 Å². The summed E-state index contributed by atoms with van der Waals surface area (Å²) in [5.74, 6) is 2.10. The molecular formula is C21H32O. The zero-order chi connectivity index (χ0) is 15.9. The van der Waals surface area contributed by atoms with E-state index in [1.807, 2.05) is 19.1 Å². The lowest BCUT2D eigenvalue weighted by atomic mass is 9.77. The van der Waals surface area contributed by atoms with Gasteiger partial charge in [0.2, 0.25) is 0 Å². The molecule has 22 heavy (non-hydrogen) atoms. The third kappa shape index (κ3) is 4.44. The summed E-state index contributed by atoms with van der Waals surface area (Å²) >= 11 is 0. The molecule has 1 saturated carbocycles. The third-order valence-electron chi connectivity index (χ3n) is 5.54. The van der Waals surface area contributed by atoms with Gasteiger partial charge in [-0.3, -0.25) is 4.79 Å². The molecule has 0 amide bonds. The highest BCUT2D eigenvalue weighted by atomic mass is 16.1. The molecule has 1 heteroatoms. The molecule has 1 aromatic carbocycles. The number of benzene rings is 1. The maximum atomic E-state index is 12.2. The second-order valence-corrected chi connectivity index (χ2v) is 7.16. The summed E-state index contributed by atoms with van der Waals surface area (Å²) in [5, 5.41) is 0. The molecule has 1 atom stereocenters. The fourth-order valence-electron chi connectivity index (χ4n) is 3.67. The van der Waals surface area contributed by atoms with E-state index in [4.69, 9.17) is 0 Å². The molecule has 0 N–H and O–H groups in total. The third-order valence-corrected chi connectivity index (χ3v) is 5.54. The van der Waals surface area contributed by atoms with Crippen LogP contribution in [-0.4, -0.2) is 5.78 Å². The Morgan fingerprint density at radius 1 is 1.09 bits per heavy atom. The monoisotopic (exact) mass is 300 g/mol. The van der Waals surface area contributed by atoms with Gasteiger partial charge in [0.1, 0.15) is 0 Å². The molecule has 122 valence electrons. The predicted octanol–water partition coefficient (Wildman–Crippen LogP) is 6.38. The molecule has 0 heterocycles. The van der Waals surface area contributed by atoms with Crippen molar-refractivity contribution in [1.29, 1.82) is 0 Å². The quantitative estimate of drug-likeness (QED) is 0.534. The van der Waals surface area contributed by atoms with E-state index in [9.17, 15) is 4.79 Å². The van der Waals surface area contributed by atoms with Gasteiger partial charge < -0.3 is 0 Å². The van der Waals surface area contributed by atoms with Crippen LogP contribution in [0.5, 0.6) is 0 Å². The zero-order valence-electron chi connectivity index (χ0n) is 14.6. The molecule has 0 aromatic heterocycles. The second-order valence-electron chi connectivity index (χ2n) is 7.16. The summed E-state index contributed by atoms with van der Waals surface area (Å²) in [6.45, 7) is 6.38. The van der Waals surface area contributed by atoms with Crippen LogP contribution in [0.2, 0.25) is 0 Å². The van der Waals surface area contributed by atoms with Crippen molar-refractivity contribution in [2.45, 2.75) is 78.1 Å². The molecule has 0 spiro atoms. The lowest BCUT2D eigenvalue weighted by Crippen LogP contribution is -2.14. The number of carbonyl (C=O) groups excluding carboxylic acids is 1. The van der Waals surface area contributed by atoms with Gasteiger partial charge in [-0.2, -0.15) is 0 Å². The largest absolute Gasteiger partial charge is 0.294 e. The Balaban J connectivity index is 1.90. The van der Waals surface area contributed by atoms with Crippen LogP contribution in [0.1, 0.15) is 94.0 Å². The Morgan fingerprint density at radius 3 is 2.27 bits per heavy atom. The number of unbranched alkanes of at least 4 members (excludes halogenated alkanes) is 1. The summed E-state index contributed by atoms with van der Waals surface area (Å²) in [6, 6.07) is 8.50. The fraction of sp³-hybridized carbons (Fsp3) is 0.667. The van der Waals surface area contributed by atoms with E-state index in [2.05, 4.69) is 26.0 Å². The van der Waals surface area contributed by atoms with Crippen molar-refractivity contribution in [2.75, 3.05) is 0 Å². The van der Waals surface area contributed by atoms with Crippen molar-refractivity contribution in [1.82, 2.24) is 0 Å². The Kier molecular flexibility index (Phi) is 6.67. The fourth-order valence-corrected chi connectivity index (χ4v) is 3.67. The van der Waals surface area contributed by atoms with Crippen LogP contribution in [-0.2, 0) is 0 Å². The van der Waals surface area contributed by atoms with Gasteiger partial charge in [0.25, 0.3) is 0 Å². The van der Waals surface area contributed by atoms with E-state index in [0.29, 0.717) is 5.92 Å². The number of Topliss-reactive ketones (excluding diaryl/α,β-unsaturated/α-hetero) is 1. The van der Waals surface area contributed by atoms with Gasteiger partial charge in [-0.15, -0.1) is 0 Å². The first kappa shape index (κ1) is 17.2. The van der Waals surface area contributed by atoms with E-state index in [1.165, 1.54) is 50.5 Å². The van der Waals surface area contributed by atoms with Crippen LogP contribution >= 0.6 is 0 Å². The first-order chi connectivity index (χ1) is 10.7. The molecule has 0 bridgehead atoms. The molecule has 1 fully saturated rings. The van der Waals surface area contributed by atoms with Gasteiger partial charge in [-0.1, -0.05) is 64.3 Å². The van der Waals surface area contributed by atoms with Gasteiger partial charge in [0.05, 0.1) is 0 Å². The number of carbonyl (C=O) groups is 1. The normalized spacial score (nSPS) is 23.2. The zero-order valence-corrected chi connectivity index (χ0v) is 14.6. The van der Waals surface area contributed by atoms with E-state index in [1.54, 1.807) is 0 Å². The molecular weight excluding hydrogens is 268 g/mol. The summed E-state index contributed by atoms with van der Waals surface area (Å²) in [7, 11) is 0. The molecule has 0 radical (unpaired) electrons. The average Bonchev–Trinajstić information content (AvgIpc) is 2.59. The van der Waals surface area contributed by atoms with Crippen molar-refractivity contribution >= 4 is 5.78 Å². The maximum absolute atomic E-state index is 12.2. The van der Waals surface area contributed by atoms with E-state index >= 15 is 0 Å². The van der Waals surface area contributed by atoms with Crippen LogP contribution in [0.25, 0.3) is 0 Å². The number of ketones is 1. The maximum Gasteiger partial charge on any atom is 0.165 e. The molecule has 1 aromatic rings. The summed E-state index contributed by atoms with van der Waals surface area (Å²) in [6.07, 6.45) is 10.5. The standard InChI is InChI=1S/C21H32O/c1-4-6-7-17-8-10-18(11-9-17)19-12-14-20(15-13-19)21(22)16(3)5-2/h12-18H,4-11H2,1-3H3/t16?,17-,18-. The summed E-state index contributed by atoms with van der Waals surface area (Å²) in [5.41, 5.74) is 2.32. The molecule has 1 unspecified atom stereocenters. The van der Waals surface area contributed by atoms with E-state index in [-0.39, 0.29) is 11.7 Å². The highest BCUT2D eigenvalue weighted by molar-refractivity contribution is 5.97. The Morgan fingerprint density at radius 2 is 1.73 bits per heavy atom. The van der Waals surface area contributed by atoms with Gasteiger partial charge in [0, 0.05) is 11.5 Å². The summed E-state index contributed by atoms with van der Waals surface area (Å²) in [4.78, 5) is 12.2. The van der Waals surface area contributed by atoms with Gasteiger partial charge >= 0.3 is 0 Å². The minimum atomic E-state index is 0.139. The lowest BCUT2D eigenvalue weighted by Gasteiger charge is -2.29. The minimum Gasteiger partial charge on any atom is -0.294 e. The molecule has 1 aliphatic rings. The smallest absolute Gasteiger partial charge is 0.165 e. The van der Waals surface area contributed by atoms with Crippen LogP contribution in [0.3, 0.4) is 0 Å². The van der Waals surface area contributed by atoms with Crippen molar-refractivity contribution in [3.63, 3.8) is 0 Å². The van der Waals surface area contributed by atoms with Crippen molar-refractivity contribution in [3.05, 3.63) is 35.4 Å². The van der Waals surface area contributed by atoms with Crippen molar-refractivity contribution in [2.24, 2.45) is 11.8 Å². The Bertz CT molecular complexity index is 451. The highest BCUT2D eigenvalue weighted by Gasteiger charge is 2.22. The first-order valence-electron chi connectivity index (χ1n) is 9.29. The molecule has 1 aliphatic carbocycles. The predicted molar refractivity (Wildman–Crippen MR) is 94.5 cm³/mol. The van der Waals surface area contributed by atoms with Gasteiger partial charge in [-0.05, 0) is 49.5 Å². The van der Waals surface area contributed by atoms with Crippen molar-refractivity contribution < 1.29 is 4.79 Å². The first-order valence-corrected chi connectivity index (χ1v) is 9.29. The van der Waals surface area contributed by atoms with Crippen LogP contribution in [0.15, 0.2) is 24.3 Å². The molecule has 2 rings (SSSR count). The van der Waals surface area contributed by atoms with Gasteiger partial charge in [-0.25, -0.2) is 0 Å². The van der Waals surface area contributed by atoms with E-state index in [0.717, 1.165) is 17.9 Å². The molecule has 0 aliphatic heterocycles. The Hall–Kier alpha value is -1.11. The van der Waals surface area contributed by atoms with E-state index < -0.39 is 0 Å². The number of hydrogen-bond acceptors (Lipinski definition) is 1. The second kappa shape index (κ2) is 8.50. The van der Waals surface area contributed by atoms with Crippen molar-refractivity contribution in [3.8, 4) is 0 Å². The number of rotatable bonds is 7. The number of hydrogen-bond donors (Lipinski definition) is 0. The van der Waals surface area contributed by atoms with Crippen LogP contribution in [0, 0.1) is 11.8 Å². The average molecular weight is 300 g/mol. The van der Waals surface area contributed by atoms with Crippen LogP contribution < -0.4 is 0 Å². The Labute approximate surface area is 136 Å². The SMILES string of the molecule is CCCC[C@H]1CC[C@H](c2ccc(C(=O)C(C)CC)cc2)CC1. The minimum absolute atomic E-state index is 0.139. The van der Waals surface area contributed by atoms with Crippen LogP contribution in [0.4, 0.5) is 0 Å². The molecule has 0 saturated heterocycles. The summed E-state index contributed by atoms with van der Waals surface area (Å²) < 4.78 is 0. The lowest BCUT2D eigenvalue weighted by molar-refractivity contribution is 0.0927. The highest BCUT2D eigenvalue weighted by Crippen LogP contribution is 2.37.